The van der Waals surface area contributed by atoms with Crippen molar-refractivity contribution in [1.82, 2.24) is 9.97 Å². The van der Waals surface area contributed by atoms with E-state index in [4.69, 9.17) is 4.74 Å². The van der Waals surface area contributed by atoms with Crippen molar-refractivity contribution in [3.63, 3.8) is 0 Å². The second-order valence-corrected chi connectivity index (χ2v) is 6.12. The molecule has 1 aromatic heterocycles. The van der Waals surface area contributed by atoms with Crippen molar-refractivity contribution in [2.45, 2.75) is 19.8 Å². The van der Waals surface area contributed by atoms with Crippen molar-refractivity contribution < 1.29 is 9.53 Å². The number of hydrogen-bond donors (Lipinski definition) is 1. The van der Waals surface area contributed by atoms with Crippen molar-refractivity contribution in [3.05, 3.63) is 42.2 Å². The topological polar surface area (TPSA) is 67.3 Å². The van der Waals surface area contributed by atoms with Gasteiger partial charge in [0, 0.05) is 31.2 Å². The molecule has 1 aromatic carbocycles. The summed E-state index contributed by atoms with van der Waals surface area (Å²) in [6.07, 6.45) is 5.48. The van der Waals surface area contributed by atoms with Gasteiger partial charge in [0.05, 0.1) is 12.7 Å². The molecule has 0 unspecified atom stereocenters. The Kier molecular flexibility index (Phi) is 4.93. The summed E-state index contributed by atoms with van der Waals surface area (Å²) >= 11 is 0. The van der Waals surface area contributed by atoms with Gasteiger partial charge in [-0.2, -0.15) is 0 Å². The zero-order chi connectivity index (χ0) is 16.9. The zero-order valence-corrected chi connectivity index (χ0v) is 14.0. The molecule has 1 N–H and O–H groups in total. The maximum Gasteiger partial charge on any atom is 0.258 e. The molecule has 0 saturated carbocycles. The van der Waals surface area contributed by atoms with Gasteiger partial charge in [-0.3, -0.25) is 4.79 Å². The number of aromatic nitrogens is 2. The number of methoxy groups -OCH3 is 1. The number of rotatable bonds is 4. The van der Waals surface area contributed by atoms with Crippen molar-refractivity contribution in [2.24, 2.45) is 5.92 Å². The van der Waals surface area contributed by atoms with Gasteiger partial charge in [-0.1, -0.05) is 6.92 Å². The van der Waals surface area contributed by atoms with Gasteiger partial charge in [0.25, 0.3) is 5.91 Å². The fourth-order valence-corrected chi connectivity index (χ4v) is 2.69. The molecule has 3 rings (SSSR count). The Morgan fingerprint density at radius 2 is 1.79 bits per heavy atom. The second kappa shape index (κ2) is 7.29. The normalized spacial score (nSPS) is 15.2. The molecule has 1 aliphatic heterocycles. The quantitative estimate of drug-likeness (QED) is 0.935. The van der Waals surface area contributed by atoms with Crippen LogP contribution in [0.25, 0.3) is 0 Å². The third-order valence-electron chi connectivity index (χ3n) is 4.31. The van der Waals surface area contributed by atoms with Gasteiger partial charge in [0.2, 0.25) is 5.95 Å². The highest BCUT2D eigenvalue weighted by Gasteiger charge is 2.18. The first-order valence-electron chi connectivity index (χ1n) is 8.18. The van der Waals surface area contributed by atoms with Crippen LogP contribution in [-0.4, -0.2) is 36.1 Å². The predicted octanol–water partition coefficient (Wildman–Crippen LogP) is 2.97. The summed E-state index contributed by atoms with van der Waals surface area (Å²) in [6.45, 7) is 4.21. The molecule has 1 saturated heterocycles. The van der Waals surface area contributed by atoms with E-state index in [1.165, 1.54) is 0 Å². The van der Waals surface area contributed by atoms with E-state index in [0.29, 0.717) is 17.2 Å². The molecular formula is C18H22N4O2. The van der Waals surface area contributed by atoms with E-state index in [1.807, 2.05) is 0 Å². The van der Waals surface area contributed by atoms with E-state index < -0.39 is 0 Å². The number of anilines is 2. The van der Waals surface area contributed by atoms with E-state index in [1.54, 1.807) is 43.8 Å². The molecule has 0 atom stereocenters. The molecular weight excluding hydrogens is 304 g/mol. The van der Waals surface area contributed by atoms with Crippen LogP contribution in [0, 0.1) is 5.92 Å². The average molecular weight is 326 g/mol. The zero-order valence-electron chi connectivity index (χ0n) is 14.0. The van der Waals surface area contributed by atoms with Gasteiger partial charge in [-0.25, -0.2) is 9.97 Å². The Morgan fingerprint density at radius 3 is 2.38 bits per heavy atom. The fraction of sp³-hybridized carbons (Fsp3) is 0.389. The van der Waals surface area contributed by atoms with Crippen LogP contribution in [0.5, 0.6) is 5.75 Å². The lowest BCUT2D eigenvalue weighted by molar-refractivity contribution is 0.102. The minimum absolute atomic E-state index is 0.223. The number of nitrogens with zero attached hydrogens (tertiary/aromatic N) is 3. The van der Waals surface area contributed by atoms with E-state index >= 15 is 0 Å². The number of carbonyl (C=O) groups excluding carboxylic acids is 1. The highest BCUT2D eigenvalue weighted by Crippen LogP contribution is 2.20. The molecule has 6 heteroatoms. The van der Waals surface area contributed by atoms with Gasteiger partial charge in [-0.15, -0.1) is 0 Å². The maximum atomic E-state index is 12.3. The molecule has 0 radical (unpaired) electrons. The van der Waals surface area contributed by atoms with Crippen LogP contribution in [-0.2, 0) is 0 Å². The smallest absolute Gasteiger partial charge is 0.258 e. The van der Waals surface area contributed by atoms with E-state index in [-0.39, 0.29) is 5.91 Å². The number of piperidine rings is 1. The van der Waals surface area contributed by atoms with Crippen LogP contribution in [0.2, 0.25) is 0 Å². The van der Waals surface area contributed by atoms with Gasteiger partial charge in [0.15, 0.2) is 0 Å². The fourth-order valence-electron chi connectivity index (χ4n) is 2.69. The number of nitrogens with one attached hydrogen (secondary N) is 1. The molecule has 2 heterocycles. The Morgan fingerprint density at radius 1 is 1.17 bits per heavy atom. The summed E-state index contributed by atoms with van der Waals surface area (Å²) in [4.78, 5) is 23.1. The first kappa shape index (κ1) is 16.2. The number of amides is 1. The molecule has 0 bridgehead atoms. The first-order chi connectivity index (χ1) is 11.7. The summed E-state index contributed by atoms with van der Waals surface area (Å²) in [7, 11) is 1.61. The summed E-state index contributed by atoms with van der Waals surface area (Å²) < 4.78 is 5.10. The number of benzene rings is 1. The minimum Gasteiger partial charge on any atom is -0.497 e. The average Bonchev–Trinajstić information content (AvgIpc) is 2.63. The standard InChI is InChI=1S/C18H22N4O2/c1-13-7-9-22(10-8-13)18-19-11-14(12-20-18)17(23)21-15-3-5-16(24-2)6-4-15/h3-6,11-13H,7-10H2,1-2H3,(H,21,23). The van der Waals surface area contributed by atoms with Crippen molar-refractivity contribution in [2.75, 3.05) is 30.4 Å². The predicted molar refractivity (Wildman–Crippen MR) is 93.6 cm³/mol. The van der Waals surface area contributed by atoms with E-state index in [2.05, 4.69) is 27.1 Å². The number of hydrogen-bond acceptors (Lipinski definition) is 5. The Bertz CT molecular complexity index is 677. The van der Waals surface area contributed by atoms with E-state index in [0.717, 1.165) is 37.6 Å². The lowest BCUT2D eigenvalue weighted by atomic mass is 10.00. The van der Waals surface area contributed by atoms with Crippen LogP contribution in [0.4, 0.5) is 11.6 Å². The largest absolute Gasteiger partial charge is 0.497 e. The molecule has 126 valence electrons. The van der Waals surface area contributed by atoms with Crippen molar-refractivity contribution >= 4 is 17.5 Å². The lowest BCUT2D eigenvalue weighted by Gasteiger charge is -2.30. The molecule has 6 nitrogen and oxygen atoms in total. The van der Waals surface area contributed by atoms with Gasteiger partial charge in [-0.05, 0) is 43.0 Å². The van der Waals surface area contributed by atoms with Crippen molar-refractivity contribution in [1.29, 1.82) is 0 Å². The molecule has 1 amide bonds. The summed E-state index contributed by atoms with van der Waals surface area (Å²) in [5, 5.41) is 2.83. The van der Waals surface area contributed by atoms with Crippen LogP contribution < -0.4 is 15.0 Å². The van der Waals surface area contributed by atoms with Crippen LogP contribution in [0.3, 0.4) is 0 Å². The Hall–Kier alpha value is -2.63. The van der Waals surface area contributed by atoms with E-state index in [9.17, 15) is 4.79 Å². The van der Waals surface area contributed by atoms with Crippen molar-refractivity contribution in [3.8, 4) is 5.75 Å². The molecule has 2 aromatic rings. The SMILES string of the molecule is COc1ccc(NC(=O)c2cnc(N3CCC(C)CC3)nc2)cc1. The Balaban J connectivity index is 1.62. The molecule has 24 heavy (non-hydrogen) atoms. The minimum atomic E-state index is -0.223. The molecule has 1 fully saturated rings. The monoisotopic (exact) mass is 326 g/mol. The first-order valence-corrected chi connectivity index (χ1v) is 8.18. The third kappa shape index (κ3) is 3.82. The number of ether oxygens (including phenoxy) is 1. The van der Waals surface area contributed by atoms with Crippen LogP contribution in [0.15, 0.2) is 36.7 Å². The molecule has 1 aliphatic rings. The van der Waals surface area contributed by atoms with Gasteiger partial charge >= 0.3 is 0 Å². The third-order valence-corrected chi connectivity index (χ3v) is 4.31. The lowest BCUT2D eigenvalue weighted by Crippen LogP contribution is -2.34. The molecule has 0 aliphatic carbocycles. The Labute approximate surface area is 141 Å². The summed E-state index contributed by atoms with van der Waals surface area (Å²) in [5.41, 5.74) is 1.15. The van der Waals surface area contributed by atoms with Gasteiger partial charge in [0.1, 0.15) is 5.75 Å². The van der Waals surface area contributed by atoms with Crippen LogP contribution in [0.1, 0.15) is 30.1 Å². The van der Waals surface area contributed by atoms with Crippen LogP contribution >= 0.6 is 0 Å². The molecule has 0 spiro atoms. The maximum absolute atomic E-state index is 12.3. The van der Waals surface area contributed by atoms with Gasteiger partial charge < -0.3 is 15.0 Å². The second-order valence-electron chi connectivity index (χ2n) is 6.12. The summed E-state index contributed by atoms with van der Waals surface area (Å²) in [5.74, 6) is 1.98. The summed E-state index contributed by atoms with van der Waals surface area (Å²) in [6, 6.07) is 7.18. The highest BCUT2D eigenvalue weighted by atomic mass is 16.5. The highest BCUT2D eigenvalue weighted by molar-refractivity contribution is 6.03. The number of carbonyl (C=O) groups is 1.